The van der Waals surface area contributed by atoms with Crippen LogP contribution in [0, 0.1) is 0 Å². The van der Waals surface area contributed by atoms with Crippen LogP contribution in [0.3, 0.4) is 0 Å². The maximum absolute atomic E-state index is 12.2. The van der Waals surface area contributed by atoms with E-state index in [9.17, 15) is 4.79 Å². The summed E-state index contributed by atoms with van der Waals surface area (Å²) >= 11 is 0. The number of piperazine rings is 1. The van der Waals surface area contributed by atoms with Gasteiger partial charge < -0.3 is 9.15 Å². The zero-order chi connectivity index (χ0) is 19.9. The number of ether oxygens (including phenoxy) is 1. The Hall–Kier alpha value is -2.89. The number of carbonyl (C=O) groups is 1. The highest BCUT2D eigenvalue weighted by molar-refractivity contribution is 5.95. The van der Waals surface area contributed by atoms with Gasteiger partial charge in [0, 0.05) is 32.7 Å². The van der Waals surface area contributed by atoms with Crippen LogP contribution in [0.15, 0.2) is 77.4 Å². The lowest BCUT2D eigenvalue weighted by Crippen LogP contribution is -2.47. The van der Waals surface area contributed by atoms with Crippen LogP contribution in [0.4, 0.5) is 0 Å². The normalized spacial score (nSPS) is 15.3. The highest BCUT2D eigenvalue weighted by atomic mass is 16.5. The van der Waals surface area contributed by atoms with E-state index in [4.69, 9.17) is 9.15 Å². The lowest BCUT2D eigenvalue weighted by atomic mass is 10.2. The van der Waals surface area contributed by atoms with E-state index in [0.29, 0.717) is 18.9 Å². The molecule has 5 nitrogen and oxygen atoms in total. The van der Waals surface area contributed by atoms with Gasteiger partial charge in [-0.1, -0.05) is 42.5 Å². The molecule has 0 unspecified atom stereocenters. The molecule has 0 saturated carbocycles. The summed E-state index contributed by atoms with van der Waals surface area (Å²) < 4.78 is 11.1. The first-order valence-electron chi connectivity index (χ1n) is 10.0. The fourth-order valence-corrected chi connectivity index (χ4v) is 3.51. The van der Waals surface area contributed by atoms with Gasteiger partial charge in [0.2, 0.25) is 5.78 Å². The SMILES string of the molecule is O=C(CN1CCN(Cc2ccc(OCc3ccccc3)cc2)CC1)c1ccco1. The molecule has 0 N–H and O–H groups in total. The molecule has 1 saturated heterocycles. The largest absolute Gasteiger partial charge is 0.489 e. The molecule has 2 heterocycles. The number of benzene rings is 2. The third-order valence-electron chi connectivity index (χ3n) is 5.21. The van der Waals surface area contributed by atoms with Gasteiger partial charge in [-0.2, -0.15) is 0 Å². The number of Topliss-reactive ketones (excluding diaryl/α,β-unsaturated/α-hetero) is 1. The Morgan fingerprint density at radius 1 is 0.828 bits per heavy atom. The Kier molecular flexibility index (Phi) is 6.39. The van der Waals surface area contributed by atoms with Crippen molar-refractivity contribution in [3.63, 3.8) is 0 Å². The van der Waals surface area contributed by atoms with Gasteiger partial charge in [-0.25, -0.2) is 0 Å². The molecular weight excluding hydrogens is 364 g/mol. The van der Waals surface area contributed by atoms with Crippen LogP contribution in [0.1, 0.15) is 21.7 Å². The van der Waals surface area contributed by atoms with E-state index in [1.54, 1.807) is 18.4 Å². The van der Waals surface area contributed by atoms with Gasteiger partial charge in [0.15, 0.2) is 5.76 Å². The number of nitrogens with zero attached hydrogens (tertiary/aromatic N) is 2. The monoisotopic (exact) mass is 390 g/mol. The molecule has 1 aliphatic rings. The van der Waals surface area contributed by atoms with E-state index in [1.807, 2.05) is 30.3 Å². The van der Waals surface area contributed by atoms with Crippen LogP contribution in [0.5, 0.6) is 5.75 Å². The van der Waals surface area contributed by atoms with Gasteiger partial charge in [-0.15, -0.1) is 0 Å². The Morgan fingerprint density at radius 2 is 1.55 bits per heavy atom. The van der Waals surface area contributed by atoms with E-state index >= 15 is 0 Å². The van der Waals surface area contributed by atoms with Crippen molar-refractivity contribution in [1.29, 1.82) is 0 Å². The van der Waals surface area contributed by atoms with Crippen molar-refractivity contribution in [3.8, 4) is 5.75 Å². The van der Waals surface area contributed by atoms with Crippen LogP contribution < -0.4 is 4.74 Å². The third kappa shape index (κ3) is 5.56. The van der Waals surface area contributed by atoms with E-state index in [2.05, 4.69) is 34.1 Å². The van der Waals surface area contributed by atoms with Crippen molar-refractivity contribution in [2.75, 3.05) is 32.7 Å². The average molecular weight is 390 g/mol. The fourth-order valence-electron chi connectivity index (χ4n) is 3.51. The number of ketones is 1. The second kappa shape index (κ2) is 9.54. The molecule has 1 aromatic heterocycles. The second-order valence-corrected chi connectivity index (χ2v) is 7.37. The summed E-state index contributed by atoms with van der Waals surface area (Å²) in [5.41, 5.74) is 2.44. The van der Waals surface area contributed by atoms with Crippen LogP contribution in [-0.2, 0) is 13.2 Å². The highest BCUT2D eigenvalue weighted by Gasteiger charge is 2.20. The third-order valence-corrected chi connectivity index (χ3v) is 5.21. The van der Waals surface area contributed by atoms with E-state index in [-0.39, 0.29) is 5.78 Å². The lowest BCUT2D eigenvalue weighted by Gasteiger charge is -2.34. The van der Waals surface area contributed by atoms with Crippen LogP contribution in [-0.4, -0.2) is 48.3 Å². The first kappa shape index (κ1) is 19.4. The molecule has 0 amide bonds. The maximum Gasteiger partial charge on any atom is 0.211 e. The topological polar surface area (TPSA) is 45.9 Å². The zero-order valence-electron chi connectivity index (χ0n) is 16.5. The Balaban J connectivity index is 1.20. The van der Waals surface area contributed by atoms with E-state index in [1.165, 1.54) is 11.1 Å². The van der Waals surface area contributed by atoms with Crippen molar-refractivity contribution >= 4 is 5.78 Å². The molecule has 1 fully saturated rings. The minimum absolute atomic E-state index is 0.0505. The molecule has 0 aliphatic carbocycles. The summed E-state index contributed by atoms with van der Waals surface area (Å²) in [4.78, 5) is 16.8. The summed E-state index contributed by atoms with van der Waals surface area (Å²) in [5.74, 6) is 1.38. The predicted octanol–water partition coefficient (Wildman–Crippen LogP) is 3.86. The minimum Gasteiger partial charge on any atom is -0.489 e. The van der Waals surface area contributed by atoms with Gasteiger partial charge in [0.05, 0.1) is 12.8 Å². The van der Waals surface area contributed by atoms with Crippen molar-refractivity contribution < 1.29 is 13.9 Å². The zero-order valence-corrected chi connectivity index (χ0v) is 16.5. The van der Waals surface area contributed by atoms with Crippen molar-refractivity contribution in [2.45, 2.75) is 13.2 Å². The number of hydrogen-bond donors (Lipinski definition) is 0. The van der Waals surface area contributed by atoms with Crippen LogP contribution >= 0.6 is 0 Å². The first-order chi connectivity index (χ1) is 14.3. The van der Waals surface area contributed by atoms with Crippen molar-refractivity contribution in [2.24, 2.45) is 0 Å². The minimum atomic E-state index is 0.0505. The summed E-state index contributed by atoms with van der Waals surface area (Å²) in [5, 5.41) is 0. The number of rotatable bonds is 8. The average Bonchev–Trinajstić information content (AvgIpc) is 3.31. The van der Waals surface area contributed by atoms with Gasteiger partial charge in [-0.3, -0.25) is 14.6 Å². The van der Waals surface area contributed by atoms with Crippen molar-refractivity contribution in [1.82, 2.24) is 9.80 Å². The molecule has 0 spiro atoms. The molecule has 1 aliphatic heterocycles. The van der Waals surface area contributed by atoms with Crippen molar-refractivity contribution in [3.05, 3.63) is 89.9 Å². The fraction of sp³-hybridized carbons (Fsp3) is 0.292. The molecule has 0 atom stereocenters. The smallest absolute Gasteiger partial charge is 0.211 e. The number of hydrogen-bond acceptors (Lipinski definition) is 5. The summed E-state index contributed by atoms with van der Waals surface area (Å²) in [6.45, 7) is 5.62. The Labute approximate surface area is 171 Å². The van der Waals surface area contributed by atoms with E-state index in [0.717, 1.165) is 38.5 Å². The second-order valence-electron chi connectivity index (χ2n) is 7.37. The van der Waals surface area contributed by atoms with Crippen LogP contribution in [0.25, 0.3) is 0 Å². The van der Waals surface area contributed by atoms with Gasteiger partial charge in [0.25, 0.3) is 0 Å². The molecule has 0 radical (unpaired) electrons. The Morgan fingerprint density at radius 3 is 2.24 bits per heavy atom. The Bertz CT molecular complexity index is 884. The molecule has 29 heavy (non-hydrogen) atoms. The maximum atomic E-state index is 12.2. The molecule has 3 aromatic rings. The summed E-state index contributed by atoms with van der Waals surface area (Å²) in [7, 11) is 0. The lowest BCUT2D eigenvalue weighted by molar-refractivity contribution is 0.0819. The first-order valence-corrected chi connectivity index (χ1v) is 10.0. The molecule has 0 bridgehead atoms. The number of furan rings is 1. The predicted molar refractivity (Wildman–Crippen MR) is 112 cm³/mol. The van der Waals surface area contributed by atoms with Gasteiger partial charge in [0.1, 0.15) is 12.4 Å². The standard InChI is InChI=1S/C24H26N2O3/c27-23(24-7-4-16-28-24)18-26-14-12-25(13-15-26)17-20-8-10-22(11-9-20)29-19-21-5-2-1-3-6-21/h1-11,16H,12-15,17-19H2. The van der Waals surface area contributed by atoms with Gasteiger partial charge in [-0.05, 0) is 35.4 Å². The van der Waals surface area contributed by atoms with E-state index < -0.39 is 0 Å². The molecular formula is C24H26N2O3. The molecule has 5 heteroatoms. The summed E-state index contributed by atoms with van der Waals surface area (Å²) in [6.07, 6.45) is 1.54. The van der Waals surface area contributed by atoms with Crippen LogP contribution in [0.2, 0.25) is 0 Å². The summed E-state index contributed by atoms with van der Waals surface area (Å²) in [6, 6.07) is 22.0. The molecule has 4 rings (SSSR count). The molecule has 150 valence electrons. The van der Waals surface area contributed by atoms with Gasteiger partial charge >= 0.3 is 0 Å². The molecule has 2 aromatic carbocycles. The number of carbonyl (C=O) groups excluding carboxylic acids is 1. The quantitative estimate of drug-likeness (QED) is 0.547. The highest BCUT2D eigenvalue weighted by Crippen LogP contribution is 2.16.